The summed E-state index contributed by atoms with van der Waals surface area (Å²) in [6.07, 6.45) is 2.40. The third kappa shape index (κ3) is 3.87. The number of nitriles is 1. The van der Waals surface area contributed by atoms with Gasteiger partial charge in [-0.1, -0.05) is 18.7 Å². The van der Waals surface area contributed by atoms with Crippen molar-refractivity contribution in [1.82, 2.24) is 10.3 Å². The van der Waals surface area contributed by atoms with Gasteiger partial charge in [0.05, 0.1) is 11.8 Å². The van der Waals surface area contributed by atoms with Crippen molar-refractivity contribution < 1.29 is 4.42 Å². The van der Waals surface area contributed by atoms with Crippen molar-refractivity contribution in [2.75, 3.05) is 12.3 Å². The molecular formula is C11H17N3OS. The quantitative estimate of drug-likeness (QED) is 0.772. The lowest BCUT2D eigenvalue weighted by molar-refractivity contribution is 0.442. The first-order valence-electron chi connectivity index (χ1n) is 5.31. The molecule has 0 aromatic carbocycles. The third-order valence-electron chi connectivity index (χ3n) is 2.24. The summed E-state index contributed by atoms with van der Waals surface area (Å²) in [4.78, 5) is 4.20. The molecule has 0 saturated heterocycles. The van der Waals surface area contributed by atoms with Crippen LogP contribution in [-0.4, -0.2) is 22.8 Å². The highest BCUT2D eigenvalue weighted by Gasteiger charge is 2.21. The van der Waals surface area contributed by atoms with Crippen molar-refractivity contribution in [3.05, 3.63) is 12.0 Å². The summed E-state index contributed by atoms with van der Waals surface area (Å²) in [5.41, 5.74) is 0.431. The van der Waals surface area contributed by atoms with E-state index in [1.807, 2.05) is 20.8 Å². The zero-order valence-electron chi connectivity index (χ0n) is 9.91. The largest absolute Gasteiger partial charge is 0.440 e. The summed E-state index contributed by atoms with van der Waals surface area (Å²) in [5.74, 6) is 0.816. The maximum Gasteiger partial charge on any atom is 0.255 e. The average Bonchev–Trinajstić information content (AvgIpc) is 2.65. The molecule has 1 heterocycles. The molecule has 88 valence electrons. The average molecular weight is 239 g/mol. The van der Waals surface area contributed by atoms with Crippen LogP contribution in [0, 0.1) is 18.3 Å². The van der Waals surface area contributed by atoms with Crippen molar-refractivity contribution in [2.45, 2.75) is 38.0 Å². The molecule has 5 heteroatoms. The van der Waals surface area contributed by atoms with E-state index in [9.17, 15) is 0 Å². The van der Waals surface area contributed by atoms with Gasteiger partial charge in [0.25, 0.3) is 5.22 Å². The number of oxazole rings is 1. The molecule has 1 aromatic heterocycles. The summed E-state index contributed by atoms with van der Waals surface area (Å²) in [5, 5.41) is 12.9. The van der Waals surface area contributed by atoms with Gasteiger partial charge in [0.2, 0.25) is 0 Å². The van der Waals surface area contributed by atoms with E-state index in [1.165, 1.54) is 0 Å². The zero-order chi connectivity index (χ0) is 12.0. The van der Waals surface area contributed by atoms with Gasteiger partial charge in [0.1, 0.15) is 11.8 Å². The predicted molar refractivity (Wildman–Crippen MR) is 64.3 cm³/mol. The highest BCUT2D eigenvalue weighted by molar-refractivity contribution is 7.99. The maximum atomic E-state index is 9.06. The van der Waals surface area contributed by atoms with E-state index in [0.29, 0.717) is 5.22 Å². The maximum absolute atomic E-state index is 9.06. The van der Waals surface area contributed by atoms with Crippen molar-refractivity contribution in [2.24, 2.45) is 0 Å². The Labute approximate surface area is 100 Å². The molecule has 1 rings (SSSR count). The molecule has 0 aliphatic carbocycles. The smallest absolute Gasteiger partial charge is 0.255 e. The Morgan fingerprint density at radius 2 is 2.44 bits per heavy atom. The van der Waals surface area contributed by atoms with Crippen LogP contribution in [-0.2, 0) is 0 Å². The van der Waals surface area contributed by atoms with Gasteiger partial charge in [-0.2, -0.15) is 5.26 Å². The molecule has 0 radical (unpaired) electrons. The minimum absolute atomic E-state index is 0.455. The van der Waals surface area contributed by atoms with E-state index in [1.54, 1.807) is 18.0 Å². The Morgan fingerprint density at radius 1 is 1.69 bits per heavy atom. The minimum Gasteiger partial charge on any atom is -0.440 e. The Balaban J connectivity index is 2.37. The monoisotopic (exact) mass is 239 g/mol. The molecule has 1 N–H and O–H groups in total. The summed E-state index contributed by atoms with van der Waals surface area (Å²) >= 11 is 1.54. The molecule has 1 atom stereocenters. The Bertz CT molecular complexity index is 372. The Kier molecular flexibility index (Phi) is 4.84. The fourth-order valence-corrected chi connectivity index (χ4v) is 2.32. The normalized spacial score (nSPS) is 14.4. The third-order valence-corrected chi connectivity index (χ3v) is 3.08. The van der Waals surface area contributed by atoms with Gasteiger partial charge in [0, 0.05) is 5.75 Å². The molecule has 0 aliphatic heterocycles. The Hall–Kier alpha value is -0.990. The number of nitrogens with zero attached hydrogens (tertiary/aromatic N) is 2. The minimum atomic E-state index is -0.455. The molecule has 0 fully saturated rings. The second-order valence-corrected chi connectivity index (χ2v) is 4.87. The molecule has 1 aromatic rings. The molecular weight excluding hydrogens is 222 g/mol. The second-order valence-electron chi connectivity index (χ2n) is 3.83. The molecule has 0 spiro atoms. The van der Waals surface area contributed by atoms with E-state index in [2.05, 4.69) is 16.4 Å². The van der Waals surface area contributed by atoms with Crippen LogP contribution in [0.3, 0.4) is 0 Å². The Morgan fingerprint density at radius 3 is 2.94 bits per heavy atom. The number of hydrogen-bond acceptors (Lipinski definition) is 5. The first-order valence-corrected chi connectivity index (χ1v) is 6.29. The van der Waals surface area contributed by atoms with Crippen molar-refractivity contribution in [3.63, 3.8) is 0 Å². The number of rotatable bonds is 6. The van der Waals surface area contributed by atoms with E-state index in [-0.39, 0.29) is 0 Å². The standard InChI is InChI=1S/C11H17N3OS/c1-4-13-11(3,8-12)5-6-16-10-14-9(2)7-15-10/h7,13H,4-6H2,1-3H3. The van der Waals surface area contributed by atoms with Crippen LogP contribution in [0.5, 0.6) is 0 Å². The van der Waals surface area contributed by atoms with Crippen LogP contribution in [0.15, 0.2) is 15.9 Å². The molecule has 0 bridgehead atoms. The summed E-state index contributed by atoms with van der Waals surface area (Å²) in [6, 6.07) is 2.30. The van der Waals surface area contributed by atoms with E-state index in [4.69, 9.17) is 9.68 Å². The first kappa shape index (κ1) is 13.1. The molecule has 4 nitrogen and oxygen atoms in total. The van der Waals surface area contributed by atoms with Gasteiger partial charge in [-0.25, -0.2) is 4.98 Å². The SMILES string of the molecule is CCNC(C)(C#N)CCSc1nc(C)co1. The fourth-order valence-electron chi connectivity index (χ4n) is 1.32. The van der Waals surface area contributed by atoms with E-state index in [0.717, 1.165) is 24.4 Å². The predicted octanol–water partition coefficient (Wildman–Crippen LogP) is 2.36. The second kappa shape index (κ2) is 5.92. The van der Waals surface area contributed by atoms with Crippen LogP contribution < -0.4 is 5.32 Å². The summed E-state index contributed by atoms with van der Waals surface area (Å²) in [6.45, 7) is 6.61. The van der Waals surface area contributed by atoms with Gasteiger partial charge >= 0.3 is 0 Å². The van der Waals surface area contributed by atoms with E-state index >= 15 is 0 Å². The number of hydrogen-bond donors (Lipinski definition) is 1. The van der Waals surface area contributed by atoms with Gasteiger partial charge in [-0.3, -0.25) is 5.32 Å². The van der Waals surface area contributed by atoms with Crippen molar-refractivity contribution in [1.29, 1.82) is 5.26 Å². The zero-order valence-corrected chi connectivity index (χ0v) is 10.7. The van der Waals surface area contributed by atoms with Crippen LogP contribution in [0.1, 0.15) is 26.0 Å². The van der Waals surface area contributed by atoms with Crippen LogP contribution in [0.4, 0.5) is 0 Å². The topological polar surface area (TPSA) is 61.9 Å². The van der Waals surface area contributed by atoms with Crippen molar-refractivity contribution in [3.8, 4) is 6.07 Å². The van der Waals surface area contributed by atoms with Gasteiger partial charge in [0.15, 0.2) is 0 Å². The number of nitrogens with one attached hydrogen (secondary N) is 1. The van der Waals surface area contributed by atoms with Gasteiger partial charge < -0.3 is 4.42 Å². The number of aromatic nitrogens is 1. The summed E-state index contributed by atoms with van der Waals surface area (Å²) in [7, 11) is 0. The lowest BCUT2D eigenvalue weighted by atomic mass is 10.0. The number of thioether (sulfide) groups is 1. The van der Waals surface area contributed by atoms with Gasteiger partial charge in [-0.05, 0) is 26.8 Å². The molecule has 0 aliphatic rings. The highest BCUT2D eigenvalue weighted by atomic mass is 32.2. The van der Waals surface area contributed by atoms with Crippen LogP contribution in [0.25, 0.3) is 0 Å². The van der Waals surface area contributed by atoms with Crippen LogP contribution in [0.2, 0.25) is 0 Å². The highest BCUT2D eigenvalue weighted by Crippen LogP contribution is 2.20. The first-order chi connectivity index (χ1) is 7.59. The van der Waals surface area contributed by atoms with Crippen LogP contribution >= 0.6 is 11.8 Å². The van der Waals surface area contributed by atoms with Crippen molar-refractivity contribution >= 4 is 11.8 Å². The molecule has 0 saturated carbocycles. The number of aryl methyl sites for hydroxylation is 1. The lowest BCUT2D eigenvalue weighted by Gasteiger charge is -2.21. The molecule has 0 amide bonds. The molecule has 16 heavy (non-hydrogen) atoms. The fraction of sp³-hybridized carbons (Fsp3) is 0.636. The van der Waals surface area contributed by atoms with E-state index < -0.39 is 5.54 Å². The lowest BCUT2D eigenvalue weighted by Crippen LogP contribution is -2.41. The molecule has 1 unspecified atom stereocenters. The summed E-state index contributed by atoms with van der Waals surface area (Å²) < 4.78 is 5.22. The van der Waals surface area contributed by atoms with Gasteiger partial charge in [-0.15, -0.1) is 0 Å².